The fourth-order valence-electron chi connectivity index (χ4n) is 3.18. The Morgan fingerprint density at radius 1 is 1.24 bits per heavy atom. The van der Waals surface area contributed by atoms with Gasteiger partial charge in [-0.1, -0.05) is 24.3 Å². The third kappa shape index (κ3) is 2.21. The number of fused-ring (bicyclic) bond motifs is 1. The molecule has 5 heteroatoms. The summed E-state index contributed by atoms with van der Waals surface area (Å²) in [4.78, 5) is 28.2. The molecule has 3 aliphatic rings. The zero-order valence-electron chi connectivity index (χ0n) is 11.8. The number of ether oxygens (including phenoxy) is 1. The number of hydrogen-bond acceptors (Lipinski definition) is 3. The van der Waals surface area contributed by atoms with Crippen molar-refractivity contribution in [2.45, 2.75) is 31.4 Å². The normalized spacial score (nSPS) is 25.1. The minimum atomic E-state index is -0.554. The maximum absolute atomic E-state index is 12.7. The molecule has 2 amide bonds. The molecule has 1 saturated carbocycles. The molecule has 0 bridgehead atoms. The van der Waals surface area contributed by atoms with E-state index in [0.29, 0.717) is 19.3 Å². The molecule has 0 aromatic heterocycles. The maximum Gasteiger partial charge on any atom is 0.258 e. The summed E-state index contributed by atoms with van der Waals surface area (Å²) in [6.45, 7) is 1.17. The molecule has 110 valence electrons. The fourth-order valence-corrected chi connectivity index (χ4v) is 3.18. The van der Waals surface area contributed by atoms with Gasteiger partial charge in [0.2, 0.25) is 5.91 Å². The monoisotopic (exact) mass is 286 g/mol. The highest BCUT2D eigenvalue weighted by Gasteiger charge is 2.42. The third-order valence-corrected chi connectivity index (χ3v) is 4.49. The average Bonchev–Trinajstić information content (AvgIpc) is 3.28. The second-order valence-electron chi connectivity index (χ2n) is 5.97. The predicted molar refractivity (Wildman–Crippen MR) is 75.3 cm³/mol. The lowest BCUT2D eigenvalue weighted by molar-refractivity contribution is -0.145. The third-order valence-electron chi connectivity index (χ3n) is 4.49. The van der Waals surface area contributed by atoms with Crippen LogP contribution in [0.5, 0.6) is 0 Å². The molecule has 1 aliphatic carbocycles. The van der Waals surface area contributed by atoms with Crippen molar-refractivity contribution in [3.05, 3.63) is 35.4 Å². The number of nitrogens with zero attached hydrogens (tertiary/aromatic N) is 2. The second kappa shape index (κ2) is 4.84. The van der Waals surface area contributed by atoms with Crippen LogP contribution in [0.15, 0.2) is 24.3 Å². The quantitative estimate of drug-likeness (QED) is 0.818. The molecule has 0 N–H and O–H groups in total. The molecule has 2 aliphatic heterocycles. The average molecular weight is 286 g/mol. The van der Waals surface area contributed by atoms with Gasteiger partial charge in [-0.25, -0.2) is 0 Å². The zero-order chi connectivity index (χ0) is 14.4. The van der Waals surface area contributed by atoms with Gasteiger partial charge in [-0.3, -0.25) is 9.59 Å². The molecule has 5 nitrogen and oxygen atoms in total. The van der Waals surface area contributed by atoms with Crippen LogP contribution in [-0.2, 0) is 20.7 Å². The van der Waals surface area contributed by atoms with Crippen molar-refractivity contribution in [2.75, 3.05) is 19.8 Å². The van der Waals surface area contributed by atoms with Crippen molar-refractivity contribution < 1.29 is 14.3 Å². The Hall–Kier alpha value is -1.88. The smallest absolute Gasteiger partial charge is 0.258 e. The molecule has 1 unspecified atom stereocenters. The van der Waals surface area contributed by atoms with Crippen molar-refractivity contribution in [3.8, 4) is 0 Å². The Bertz CT molecular complexity index is 597. The summed E-state index contributed by atoms with van der Waals surface area (Å²) in [5.41, 5.74) is 2.12. The van der Waals surface area contributed by atoms with Crippen LogP contribution in [0.2, 0.25) is 0 Å². The lowest BCUT2D eigenvalue weighted by atomic mass is 9.97. The Kier molecular flexibility index (Phi) is 2.96. The van der Waals surface area contributed by atoms with E-state index in [9.17, 15) is 9.59 Å². The molecular formula is C16H18N2O3. The fraction of sp³-hybridized carbons (Fsp3) is 0.500. The van der Waals surface area contributed by atoms with Gasteiger partial charge in [-0.05, 0) is 30.4 Å². The van der Waals surface area contributed by atoms with Gasteiger partial charge in [0.15, 0.2) is 6.10 Å². The molecule has 1 aromatic carbocycles. The van der Waals surface area contributed by atoms with E-state index in [1.165, 1.54) is 5.56 Å². The first-order valence-electron chi connectivity index (χ1n) is 7.52. The van der Waals surface area contributed by atoms with Gasteiger partial charge < -0.3 is 14.5 Å². The van der Waals surface area contributed by atoms with Crippen molar-refractivity contribution in [2.24, 2.45) is 0 Å². The van der Waals surface area contributed by atoms with Crippen molar-refractivity contribution in [3.63, 3.8) is 0 Å². The molecule has 1 saturated heterocycles. The number of amides is 2. The SMILES string of the molecule is O=C(C1OCCc2ccccc21)N1CC(=O)N(C2CC2)C1. The summed E-state index contributed by atoms with van der Waals surface area (Å²) in [6, 6.07) is 8.27. The van der Waals surface area contributed by atoms with Crippen LogP contribution >= 0.6 is 0 Å². The molecule has 2 fully saturated rings. The van der Waals surface area contributed by atoms with Gasteiger partial charge in [-0.15, -0.1) is 0 Å². The van der Waals surface area contributed by atoms with Gasteiger partial charge in [0.25, 0.3) is 5.91 Å². The van der Waals surface area contributed by atoms with E-state index in [1.807, 2.05) is 29.2 Å². The minimum Gasteiger partial charge on any atom is -0.363 e. The highest BCUT2D eigenvalue weighted by molar-refractivity contribution is 5.90. The van der Waals surface area contributed by atoms with E-state index in [2.05, 4.69) is 0 Å². The Morgan fingerprint density at radius 3 is 2.86 bits per heavy atom. The van der Waals surface area contributed by atoms with Crippen molar-refractivity contribution in [1.82, 2.24) is 9.80 Å². The van der Waals surface area contributed by atoms with E-state index in [4.69, 9.17) is 4.74 Å². The number of carbonyl (C=O) groups is 2. The van der Waals surface area contributed by atoms with E-state index < -0.39 is 6.10 Å². The van der Waals surface area contributed by atoms with Gasteiger partial charge in [0, 0.05) is 6.04 Å². The molecule has 4 rings (SSSR count). The van der Waals surface area contributed by atoms with E-state index in [1.54, 1.807) is 4.90 Å². The molecule has 2 heterocycles. The standard InChI is InChI=1S/C16H18N2O3/c19-14-9-17(10-18(14)12-5-6-12)16(20)15-13-4-2-1-3-11(13)7-8-21-15/h1-4,12,15H,5-10H2. The second-order valence-corrected chi connectivity index (χ2v) is 5.97. The summed E-state index contributed by atoms with van der Waals surface area (Å²) in [5, 5.41) is 0. The minimum absolute atomic E-state index is 0.0648. The molecular weight excluding hydrogens is 268 g/mol. The number of rotatable bonds is 2. The number of hydrogen-bond donors (Lipinski definition) is 0. The van der Waals surface area contributed by atoms with Gasteiger partial charge in [-0.2, -0.15) is 0 Å². The highest BCUT2D eigenvalue weighted by atomic mass is 16.5. The van der Waals surface area contributed by atoms with E-state index >= 15 is 0 Å². The number of benzene rings is 1. The molecule has 1 atom stereocenters. The van der Waals surface area contributed by atoms with Crippen molar-refractivity contribution >= 4 is 11.8 Å². The van der Waals surface area contributed by atoms with E-state index in [-0.39, 0.29) is 18.4 Å². The zero-order valence-corrected chi connectivity index (χ0v) is 11.8. The van der Waals surface area contributed by atoms with Crippen LogP contribution in [-0.4, -0.2) is 47.5 Å². The molecule has 0 radical (unpaired) electrons. The van der Waals surface area contributed by atoms with E-state index in [0.717, 1.165) is 24.8 Å². The van der Waals surface area contributed by atoms with Crippen LogP contribution in [0.3, 0.4) is 0 Å². The van der Waals surface area contributed by atoms with Crippen LogP contribution in [0.1, 0.15) is 30.1 Å². The maximum atomic E-state index is 12.7. The number of carbonyl (C=O) groups excluding carboxylic acids is 2. The molecule has 1 aromatic rings. The van der Waals surface area contributed by atoms with Crippen LogP contribution in [0.4, 0.5) is 0 Å². The lowest BCUT2D eigenvalue weighted by Crippen LogP contribution is -2.38. The van der Waals surface area contributed by atoms with Gasteiger partial charge in [0.1, 0.15) is 6.54 Å². The Labute approximate surface area is 123 Å². The summed E-state index contributed by atoms with van der Waals surface area (Å²) < 4.78 is 5.70. The summed E-state index contributed by atoms with van der Waals surface area (Å²) >= 11 is 0. The first kappa shape index (κ1) is 12.8. The predicted octanol–water partition coefficient (Wildman–Crippen LogP) is 1.09. The summed E-state index contributed by atoms with van der Waals surface area (Å²) in [5.74, 6) is -0.0198. The van der Waals surface area contributed by atoms with Crippen LogP contribution in [0.25, 0.3) is 0 Å². The summed E-state index contributed by atoms with van der Waals surface area (Å²) in [6.07, 6.45) is 2.42. The van der Waals surface area contributed by atoms with Gasteiger partial charge in [0.05, 0.1) is 13.3 Å². The first-order chi connectivity index (χ1) is 10.2. The molecule has 0 spiro atoms. The highest BCUT2D eigenvalue weighted by Crippen LogP contribution is 2.32. The van der Waals surface area contributed by atoms with Crippen molar-refractivity contribution in [1.29, 1.82) is 0 Å². The first-order valence-corrected chi connectivity index (χ1v) is 7.52. The van der Waals surface area contributed by atoms with Crippen LogP contribution in [0, 0.1) is 0 Å². The van der Waals surface area contributed by atoms with Crippen LogP contribution < -0.4 is 0 Å². The summed E-state index contributed by atoms with van der Waals surface area (Å²) in [7, 11) is 0. The molecule has 21 heavy (non-hydrogen) atoms. The Morgan fingerprint density at radius 2 is 2.05 bits per heavy atom. The van der Waals surface area contributed by atoms with Gasteiger partial charge >= 0.3 is 0 Å². The Balaban J connectivity index is 1.55. The largest absolute Gasteiger partial charge is 0.363 e. The topological polar surface area (TPSA) is 49.9 Å². The lowest BCUT2D eigenvalue weighted by Gasteiger charge is -2.28.